The number of fused-ring (bicyclic) bond motifs is 1. The Morgan fingerprint density at radius 2 is 2.21 bits per heavy atom. The van der Waals surface area contributed by atoms with E-state index in [-0.39, 0.29) is 17.8 Å². The average Bonchev–Trinajstić information content (AvgIpc) is 2.84. The Morgan fingerprint density at radius 1 is 1.42 bits per heavy atom. The molecule has 2 aromatic rings. The van der Waals surface area contributed by atoms with Crippen molar-refractivity contribution < 1.29 is 14.6 Å². The number of hydrogen-bond acceptors (Lipinski definition) is 5. The fourth-order valence-electron chi connectivity index (χ4n) is 3.14. The van der Waals surface area contributed by atoms with Gasteiger partial charge in [-0.25, -0.2) is 4.79 Å². The Hall–Kier alpha value is -2.27. The molecule has 0 bridgehead atoms. The molecule has 1 unspecified atom stereocenters. The largest absolute Gasteiger partial charge is 0.506 e. The third kappa shape index (κ3) is 3.04. The number of ether oxygens (including phenoxy) is 1. The number of phenols is 1. The summed E-state index contributed by atoms with van der Waals surface area (Å²) < 4.78 is 5.74. The molecule has 0 radical (unpaired) electrons. The van der Waals surface area contributed by atoms with E-state index in [0.717, 1.165) is 18.4 Å². The van der Waals surface area contributed by atoms with Gasteiger partial charge in [0.15, 0.2) is 0 Å². The van der Waals surface area contributed by atoms with Crippen molar-refractivity contribution in [2.75, 3.05) is 12.3 Å². The second-order valence-electron chi connectivity index (χ2n) is 6.38. The van der Waals surface area contributed by atoms with Crippen LogP contribution in [0.15, 0.2) is 36.4 Å². The summed E-state index contributed by atoms with van der Waals surface area (Å²) in [6.07, 6.45) is 10.1. The second-order valence-corrected chi connectivity index (χ2v) is 7.43. The van der Waals surface area contributed by atoms with E-state index in [1.165, 1.54) is 11.3 Å². The monoisotopic (exact) mass is 343 g/mol. The molecule has 5 heteroatoms. The molecule has 0 fully saturated rings. The molecule has 126 valence electrons. The number of phenolic OH excluding ortho intramolecular Hbond substituents is 1. The van der Waals surface area contributed by atoms with Crippen LogP contribution in [0, 0.1) is 5.41 Å². The maximum atomic E-state index is 12.2. The molecule has 4 nitrogen and oxygen atoms in total. The molecule has 3 N–H and O–H groups in total. The van der Waals surface area contributed by atoms with E-state index in [1.54, 1.807) is 13.0 Å². The van der Waals surface area contributed by atoms with Crippen LogP contribution in [0.5, 0.6) is 5.75 Å². The molecule has 24 heavy (non-hydrogen) atoms. The first-order chi connectivity index (χ1) is 11.4. The van der Waals surface area contributed by atoms with E-state index in [1.807, 2.05) is 12.1 Å². The molecule has 1 heterocycles. The molecule has 1 aliphatic carbocycles. The molecular weight excluding hydrogens is 322 g/mol. The third-order valence-corrected chi connectivity index (χ3v) is 5.33. The van der Waals surface area contributed by atoms with Gasteiger partial charge in [-0.2, -0.15) is 0 Å². The molecule has 3 rings (SSSR count). The van der Waals surface area contributed by atoms with Gasteiger partial charge in [0.25, 0.3) is 0 Å². The lowest BCUT2D eigenvalue weighted by atomic mass is 9.78. The Balaban J connectivity index is 2.05. The number of rotatable bonds is 4. The van der Waals surface area contributed by atoms with Crippen molar-refractivity contribution in [3.8, 4) is 5.75 Å². The van der Waals surface area contributed by atoms with E-state index in [9.17, 15) is 9.90 Å². The highest BCUT2D eigenvalue weighted by Crippen LogP contribution is 2.41. The van der Waals surface area contributed by atoms with Gasteiger partial charge in [-0.05, 0) is 42.9 Å². The molecule has 0 amide bonds. The Morgan fingerprint density at radius 3 is 2.88 bits per heavy atom. The Kier molecular flexibility index (Phi) is 4.37. The molecule has 1 aromatic heterocycles. The lowest BCUT2D eigenvalue weighted by Crippen LogP contribution is -2.17. The zero-order chi connectivity index (χ0) is 17.3. The maximum Gasteiger partial charge on any atom is 0.341 e. The van der Waals surface area contributed by atoms with Gasteiger partial charge in [-0.15, -0.1) is 11.3 Å². The summed E-state index contributed by atoms with van der Waals surface area (Å²) in [7, 11) is 0. The van der Waals surface area contributed by atoms with E-state index < -0.39 is 5.97 Å². The van der Waals surface area contributed by atoms with Crippen molar-refractivity contribution in [3.05, 3.63) is 47.6 Å². The molecular formula is C19H21NO3S. The van der Waals surface area contributed by atoms with Crippen molar-refractivity contribution >= 4 is 32.4 Å². The number of thiophene rings is 1. The summed E-state index contributed by atoms with van der Waals surface area (Å²) in [5, 5.41) is 11.4. The van der Waals surface area contributed by atoms with Crippen LogP contribution in [0.2, 0.25) is 0 Å². The molecule has 0 saturated heterocycles. The van der Waals surface area contributed by atoms with Gasteiger partial charge >= 0.3 is 5.97 Å². The van der Waals surface area contributed by atoms with Crippen molar-refractivity contribution in [3.63, 3.8) is 0 Å². The van der Waals surface area contributed by atoms with E-state index >= 15 is 0 Å². The summed E-state index contributed by atoms with van der Waals surface area (Å²) in [5.74, 6) is -0.279. The number of esters is 1. The second kappa shape index (κ2) is 6.32. The van der Waals surface area contributed by atoms with Gasteiger partial charge in [0.05, 0.1) is 11.3 Å². The number of carbonyl (C=O) groups excluding carboxylic acids is 1. The first kappa shape index (κ1) is 16.6. The number of nitrogen functional groups attached to an aromatic ring is 1. The van der Waals surface area contributed by atoms with Crippen molar-refractivity contribution in [2.45, 2.75) is 26.7 Å². The van der Waals surface area contributed by atoms with Crippen LogP contribution in [0.4, 0.5) is 5.00 Å². The van der Waals surface area contributed by atoms with E-state index in [0.29, 0.717) is 20.7 Å². The number of allylic oxidation sites excluding steroid dienone is 4. The summed E-state index contributed by atoms with van der Waals surface area (Å²) in [6.45, 7) is 4.23. The van der Waals surface area contributed by atoms with Crippen LogP contribution in [-0.4, -0.2) is 17.7 Å². The van der Waals surface area contributed by atoms with Crippen LogP contribution in [0.25, 0.3) is 10.1 Å². The molecule has 0 aliphatic heterocycles. The lowest BCUT2D eigenvalue weighted by molar-refractivity contribution is 0.0530. The summed E-state index contributed by atoms with van der Waals surface area (Å²) in [6, 6.07) is 3.72. The average molecular weight is 343 g/mol. The minimum Gasteiger partial charge on any atom is -0.506 e. The number of carbonyl (C=O) groups is 1. The van der Waals surface area contributed by atoms with Crippen LogP contribution in [0.1, 0.15) is 36.2 Å². The fraction of sp³-hybridized carbons (Fsp3) is 0.316. The van der Waals surface area contributed by atoms with Crippen molar-refractivity contribution in [1.29, 1.82) is 0 Å². The molecule has 1 atom stereocenters. The predicted octanol–water partition coefficient (Wildman–Crippen LogP) is 4.43. The first-order valence-electron chi connectivity index (χ1n) is 7.99. The number of benzene rings is 1. The van der Waals surface area contributed by atoms with E-state index in [4.69, 9.17) is 10.5 Å². The summed E-state index contributed by atoms with van der Waals surface area (Å²) in [5.41, 5.74) is 7.34. The van der Waals surface area contributed by atoms with Crippen LogP contribution < -0.4 is 5.73 Å². The van der Waals surface area contributed by atoms with Gasteiger partial charge in [0, 0.05) is 5.39 Å². The standard InChI is InChI=1S/C19H21NO3S/c1-3-23-18(22)15-13-9-12(10-14(21)16(13)24-17(15)20)11-19(2)7-5-4-6-8-19/h4-7,9-10,21H,3,8,11,20H2,1-2H3. The quantitative estimate of drug-likeness (QED) is 0.806. The highest BCUT2D eigenvalue weighted by atomic mass is 32.1. The molecule has 1 aliphatic rings. The van der Waals surface area contributed by atoms with Gasteiger partial charge in [-0.3, -0.25) is 0 Å². The van der Waals surface area contributed by atoms with Crippen molar-refractivity contribution in [2.24, 2.45) is 5.41 Å². The normalized spacial score (nSPS) is 19.8. The molecule has 0 spiro atoms. The smallest absolute Gasteiger partial charge is 0.341 e. The first-order valence-corrected chi connectivity index (χ1v) is 8.80. The highest BCUT2D eigenvalue weighted by molar-refractivity contribution is 7.23. The van der Waals surface area contributed by atoms with Gasteiger partial charge in [0.1, 0.15) is 16.3 Å². The fourth-order valence-corrected chi connectivity index (χ4v) is 4.09. The van der Waals surface area contributed by atoms with E-state index in [2.05, 4.69) is 25.2 Å². The van der Waals surface area contributed by atoms with Crippen molar-refractivity contribution in [1.82, 2.24) is 0 Å². The maximum absolute atomic E-state index is 12.2. The zero-order valence-corrected chi connectivity index (χ0v) is 14.7. The number of hydrogen-bond donors (Lipinski definition) is 2. The lowest BCUT2D eigenvalue weighted by Gasteiger charge is -2.26. The summed E-state index contributed by atoms with van der Waals surface area (Å²) >= 11 is 1.22. The van der Waals surface area contributed by atoms with Gasteiger partial charge in [0.2, 0.25) is 0 Å². The third-order valence-electron chi connectivity index (χ3n) is 4.27. The minimum atomic E-state index is -0.440. The highest BCUT2D eigenvalue weighted by Gasteiger charge is 2.25. The Bertz CT molecular complexity index is 850. The SMILES string of the molecule is CCOC(=O)c1c(N)sc2c(O)cc(CC3(C)C=CC=CC3)cc12. The van der Waals surface area contributed by atoms with Gasteiger partial charge in [-0.1, -0.05) is 31.2 Å². The summed E-state index contributed by atoms with van der Waals surface area (Å²) in [4.78, 5) is 12.2. The molecule has 1 aromatic carbocycles. The topological polar surface area (TPSA) is 72.5 Å². The Labute approximate surface area is 145 Å². The molecule has 0 saturated carbocycles. The number of aromatic hydroxyl groups is 1. The number of anilines is 1. The van der Waals surface area contributed by atoms with Gasteiger partial charge < -0.3 is 15.6 Å². The zero-order valence-electron chi connectivity index (χ0n) is 13.8. The van der Waals surface area contributed by atoms with Crippen LogP contribution >= 0.6 is 11.3 Å². The van der Waals surface area contributed by atoms with Crippen LogP contribution in [0.3, 0.4) is 0 Å². The minimum absolute atomic E-state index is 0.000519. The number of nitrogens with two attached hydrogens (primary N) is 1. The predicted molar refractivity (Wildman–Crippen MR) is 98.6 cm³/mol. The van der Waals surface area contributed by atoms with Crippen LogP contribution in [-0.2, 0) is 11.2 Å².